The zero-order chi connectivity index (χ0) is 11.7. The molecule has 0 aliphatic carbocycles. The van der Waals surface area contributed by atoms with Gasteiger partial charge < -0.3 is 10.8 Å². The maximum absolute atomic E-state index is 10.3. The summed E-state index contributed by atoms with van der Waals surface area (Å²) < 4.78 is 0. The summed E-state index contributed by atoms with van der Waals surface area (Å²) in [5.74, 6) is -0.792. The first-order valence-corrected chi connectivity index (χ1v) is 5.00. The Bertz CT molecular complexity index is 277. The summed E-state index contributed by atoms with van der Waals surface area (Å²) in [6.45, 7) is 6.40. The van der Waals surface area contributed by atoms with Gasteiger partial charge in [-0.05, 0) is 26.3 Å². The van der Waals surface area contributed by atoms with Gasteiger partial charge in [0.25, 0.3) is 0 Å². The van der Waals surface area contributed by atoms with Crippen molar-refractivity contribution in [3.63, 3.8) is 0 Å². The summed E-state index contributed by atoms with van der Waals surface area (Å²) in [6, 6.07) is 0. The summed E-state index contributed by atoms with van der Waals surface area (Å²) in [7, 11) is 0. The van der Waals surface area contributed by atoms with Gasteiger partial charge in [0, 0.05) is 6.42 Å². The Morgan fingerprint density at radius 1 is 1.40 bits per heavy atom. The van der Waals surface area contributed by atoms with E-state index in [0.29, 0.717) is 13.0 Å². The maximum Gasteiger partial charge on any atom is 0.303 e. The fraction of sp³-hybridized carbons (Fsp3) is 0.417. The van der Waals surface area contributed by atoms with Crippen LogP contribution in [0.3, 0.4) is 0 Å². The Morgan fingerprint density at radius 2 is 2.07 bits per heavy atom. The van der Waals surface area contributed by atoms with E-state index < -0.39 is 5.97 Å². The monoisotopic (exact) mass is 209 g/mol. The Kier molecular flexibility index (Phi) is 7.28. The van der Waals surface area contributed by atoms with E-state index in [2.05, 4.69) is 6.58 Å². The normalized spacial score (nSPS) is 12.0. The van der Waals surface area contributed by atoms with Crippen molar-refractivity contribution < 1.29 is 9.90 Å². The zero-order valence-electron chi connectivity index (χ0n) is 9.20. The number of aliphatic carboxylic acids is 1. The summed E-state index contributed by atoms with van der Waals surface area (Å²) in [4.78, 5) is 10.3. The average molecular weight is 209 g/mol. The number of rotatable bonds is 7. The molecule has 0 aromatic rings. The van der Waals surface area contributed by atoms with Gasteiger partial charge >= 0.3 is 5.97 Å². The van der Waals surface area contributed by atoms with Crippen molar-refractivity contribution in [1.82, 2.24) is 0 Å². The highest BCUT2D eigenvalue weighted by atomic mass is 16.4. The van der Waals surface area contributed by atoms with Crippen LogP contribution in [0.25, 0.3) is 0 Å². The van der Waals surface area contributed by atoms with Gasteiger partial charge in [0.1, 0.15) is 0 Å². The van der Waals surface area contributed by atoms with Gasteiger partial charge in [0.2, 0.25) is 0 Å². The third-order valence-corrected chi connectivity index (χ3v) is 1.87. The molecule has 0 fully saturated rings. The molecular weight excluding hydrogens is 190 g/mol. The zero-order valence-corrected chi connectivity index (χ0v) is 9.20. The molecule has 0 aliphatic rings. The fourth-order valence-electron chi connectivity index (χ4n) is 0.979. The van der Waals surface area contributed by atoms with Gasteiger partial charge in [-0.1, -0.05) is 36.0 Å². The van der Waals surface area contributed by atoms with Crippen LogP contribution in [0.4, 0.5) is 0 Å². The van der Waals surface area contributed by atoms with E-state index in [9.17, 15) is 4.79 Å². The highest BCUT2D eigenvalue weighted by Gasteiger charge is 1.96. The predicted octanol–water partition coefficient (Wildman–Crippen LogP) is 2.26. The molecule has 0 atom stereocenters. The van der Waals surface area contributed by atoms with Gasteiger partial charge in [-0.25, -0.2) is 0 Å². The number of carboxylic acid groups (broad SMARTS) is 1. The molecule has 3 N–H and O–H groups in total. The highest BCUT2D eigenvalue weighted by molar-refractivity contribution is 5.67. The molecule has 0 spiro atoms. The van der Waals surface area contributed by atoms with Crippen LogP contribution in [0.1, 0.15) is 26.2 Å². The van der Waals surface area contributed by atoms with Crippen molar-refractivity contribution in [2.45, 2.75) is 26.2 Å². The van der Waals surface area contributed by atoms with Crippen LogP contribution in [0.2, 0.25) is 0 Å². The minimum Gasteiger partial charge on any atom is -0.481 e. The van der Waals surface area contributed by atoms with Gasteiger partial charge in [-0.15, -0.1) is 0 Å². The van der Waals surface area contributed by atoms with Crippen molar-refractivity contribution in [1.29, 1.82) is 0 Å². The average Bonchev–Trinajstić information content (AvgIpc) is 2.20. The SMILES string of the molecule is C=C(/C=C\C(C)=C/CCN)CCC(=O)O. The first-order valence-electron chi connectivity index (χ1n) is 5.00. The minimum atomic E-state index is -0.792. The van der Waals surface area contributed by atoms with Gasteiger partial charge in [-0.2, -0.15) is 0 Å². The molecule has 0 aromatic carbocycles. The quantitative estimate of drug-likeness (QED) is 0.632. The van der Waals surface area contributed by atoms with Crippen molar-refractivity contribution in [2.75, 3.05) is 6.54 Å². The van der Waals surface area contributed by atoms with Crippen molar-refractivity contribution in [3.8, 4) is 0 Å². The number of carbonyl (C=O) groups is 1. The molecule has 84 valence electrons. The van der Waals surface area contributed by atoms with Crippen LogP contribution < -0.4 is 5.73 Å². The Morgan fingerprint density at radius 3 is 2.60 bits per heavy atom. The first-order chi connectivity index (χ1) is 7.06. The molecule has 0 saturated heterocycles. The van der Waals surface area contributed by atoms with E-state index in [1.165, 1.54) is 0 Å². The van der Waals surface area contributed by atoms with Crippen LogP contribution >= 0.6 is 0 Å². The van der Waals surface area contributed by atoms with Gasteiger partial charge in [-0.3, -0.25) is 4.79 Å². The fourth-order valence-corrected chi connectivity index (χ4v) is 0.979. The second kappa shape index (κ2) is 8.00. The minimum absolute atomic E-state index is 0.134. The number of allylic oxidation sites excluding steroid dienone is 4. The van der Waals surface area contributed by atoms with Crippen LogP contribution in [0, 0.1) is 0 Å². The Labute approximate surface area is 91.0 Å². The topological polar surface area (TPSA) is 63.3 Å². The number of nitrogens with two attached hydrogens (primary N) is 1. The molecule has 0 heterocycles. The largest absolute Gasteiger partial charge is 0.481 e. The van der Waals surface area contributed by atoms with Crippen molar-refractivity contribution in [3.05, 3.63) is 36.0 Å². The van der Waals surface area contributed by atoms with Crippen LogP contribution in [-0.2, 0) is 4.79 Å². The Balaban J connectivity index is 3.94. The number of carboxylic acids is 1. The van der Waals surface area contributed by atoms with Gasteiger partial charge in [0.05, 0.1) is 0 Å². The van der Waals surface area contributed by atoms with Crippen LogP contribution in [0.5, 0.6) is 0 Å². The summed E-state index contributed by atoms with van der Waals surface area (Å²) in [5.41, 5.74) is 7.32. The number of hydrogen-bond donors (Lipinski definition) is 2. The predicted molar refractivity (Wildman–Crippen MR) is 62.6 cm³/mol. The lowest BCUT2D eigenvalue weighted by atomic mass is 10.1. The summed E-state index contributed by atoms with van der Waals surface area (Å²) in [5, 5.41) is 8.47. The Hall–Kier alpha value is -1.35. The third kappa shape index (κ3) is 8.97. The molecule has 15 heavy (non-hydrogen) atoms. The number of hydrogen-bond acceptors (Lipinski definition) is 2. The molecule has 0 bridgehead atoms. The molecule has 0 unspecified atom stereocenters. The standard InChI is InChI=1S/C12H19NO2/c1-10(4-3-9-13)5-6-11(2)7-8-12(14)15/h4-6H,2-3,7-9,13H2,1H3,(H,14,15)/b6-5-,10-4-. The van der Waals surface area contributed by atoms with Crippen molar-refractivity contribution >= 4 is 5.97 Å². The van der Waals surface area contributed by atoms with E-state index in [-0.39, 0.29) is 6.42 Å². The van der Waals surface area contributed by atoms with Gasteiger partial charge in [0.15, 0.2) is 0 Å². The van der Waals surface area contributed by atoms with Crippen LogP contribution in [-0.4, -0.2) is 17.6 Å². The molecule has 0 radical (unpaired) electrons. The van der Waals surface area contributed by atoms with E-state index >= 15 is 0 Å². The summed E-state index contributed by atoms with van der Waals surface area (Å²) in [6.07, 6.45) is 7.31. The van der Waals surface area contributed by atoms with E-state index in [4.69, 9.17) is 10.8 Å². The maximum atomic E-state index is 10.3. The molecule has 3 heteroatoms. The lowest BCUT2D eigenvalue weighted by molar-refractivity contribution is -0.136. The third-order valence-electron chi connectivity index (χ3n) is 1.87. The molecule has 0 aromatic heterocycles. The molecule has 0 rings (SSSR count). The molecule has 0 aliphatic heterocycles. The molecule has 3 nitrogen and oxygen atoms in total. The first kappa shape index (κ1) is 13.7. The second-order valence-corrected chi connectivity index (χ2v) is 3.41. The van der Waals surface area contributed by atoms with E-state index in [1.54, 1.807) is 0 Å². The molecular formula is C12H19NO2. The van der Waals surface area contributed by atoms with E-state index in [1.807, 2.05) is 25.2 Å². The lowest BCUT2D eigenvalue weighted by Gasteiger charge is -1.96. The summed E-state index contributed by atoms with van der Waals surface area (Å²) >= 11 is 0. The van der Waals surface area contributed by atoms with E-state index in [0.717, 1.165) is 17.6 Å². The lowest BCUT2D eigenvalue weighted by Crippen LogP contribution is -1.95. The smallest absolute Gasteiger partial charge is 0.303 e. The van der Waals surface area contributed by atoms with Crippen LogP contribution in [0.15, 0.2) is 36.0 Å². The second-order valence-electron chi connectivity index (χ2n) is 3.41. The highest BCUT2D eigenvalue weighted by Crippen LogP contribution is 2.06. The molecule has 0 saturated carbocycles. The molecule has 0 amide bonds. The van der Waals surface area contributed by atoms with Crippen molar-refractivity contribution in [2.24, 2.45) is 5.73 Å².